The highest BCUT2D eigenvalue weighted by Crippen LogP contribution is 2.27. The Balaban J connectivity index is 1.71. The molecule has 1 amide bonds. The van der Waals surface area contributed by atoms with Gasteiger partial charge in [0.25, 0.3) is 15.9 Å². The van der Waals surface area contributed by atoms with Crippen molar-refractivity contribution in [3.8, 4) is 0 Å². The first-order chi connectivity index (χ1) is 11.9. The van der Waals surface area contributed by atoms with Crippen LogP contribution in [0.25, 0.3) is 0 Å². The molecule has 25 heavy (non-hydrogen) atoms. The van der Waals surface area contributed by atoms with Crippen LogP contribution in [0.1, 0.15) is 10.4 Å². The minimum atomic E-state index is -3.70. The zero-order chi connectivity index (χ0) is 17.9. The second-order valence-electron chi connectivity index (χ2n) is 4.94. The monoisotopic (exact) mass is 393 g/mol. The number of rotatable bonds is 5. The first-order valence-electron chi connectivity index (χ1n) is 7.04. The number of halogens is 1. The Hall–Kier alpha value is -2.42. The summed E-state index contributed by atoms with van der Waals surface area (Å²) < 4.78 is 27.4. The van der Waals surface area contributed by atoms with Gasteiger partial charge in [-0.15, -0.1) is 11.3 Å². The van der Waals surface area contributed by atoms with Gasteiger partial charge in [-0.25, -0.2) is 8.42 Å². The minimum absolute atomic E-state index is 0.121. The lowest BCUT2D eigenvalue weighted by Crippen LogP contribution is -2.13. The highest BCUT2D eigenvalue weighted by molar-refractivity contribution is 7.94. The second kappa shape index (κ2) is 7.22. The summed E-state index contributed by atoms with van der Waals surface area (Å²) >= 11 is 6.74. The van der Waals surface area contributed by atoms with Crippen molar-refractivity contribution in [3.63, 3.8) is 0 Å². The van der Waals surface area contributed by atoms with E-state index in [0.29, 0.717) is 21.3 Å². The lowest BCUT2D eigenvalue weighted by atomic mass is 10.2. The fourth-order valence-corrected chi connectivity index (χ4v) is 4.52. The van der Waals surface area contributed by atoms with Crippen molar-refractivity contribution in [1.29, 1.82) is 0 Å². The van der Waals surface area contributed by atoms with Gasteiger partial charge in [-0.3, -0.25) is 14.5 Å². The number of hydrogen-bond donors (Lipinski definition) is 2. The number of benzene rings is 1. The molecule has 0 radical (unpaired) electrons. The number of pyridine rings is 1. The van der Waals surface area contributed by atoms with Gasteiger partial charge < -0.3 is 5.32 Å². The summed E-state index contributed by atoms with van der Waals surface area (Å²) in [5.41, 5.74) is 1.32. The molecule has 0 atom stereocenters. The second-order valence-corrected chi connectivity index (χ2v) is 8.56. The minimum Gasteiger partial charge on any atom is -0.321 e. The zero-order valence-corrected chi connectivity index (χ0v) is 15.0. The highest BCUT2D eigenvalue weighted by atomic mass is 35.5. The zero-order valence-electron chi connectivity index (χ0n) is 12.6. The van der Waals surface area contributed by atoms with Gasteiger partial charge in [0.2, 0.25) is 0 Å². The van der Waals surface area contributed by atoms with Gasteiger partial charge in [0.05, 0.1) is 16.2 Å². The first-order valence-corrected chi connectivity index (χ1v) is 9.71. The third kappa shape index (κ3) is 4.36. The van der Waals surface area contributed by atoms with Crippen molar-refractivity contribution < 1.29 is 13.2 Å². The third-order valence-electron chi connectivity index (χ3n) is 3.13. The Morgan fingerprint density at radius 1 is 1.04 bits per heavy atom. The Morgan fingerprint density at radius 3 is 2.40 bits per heavy atom. The molecule has 0 spiro atoms. The van der Waals surface area contributed by atoms with Crippen molar-refractivity contribution in [2.75, 3.05) is 10.0 Å². The molecule has 2 aromatic heterocycles. The lowest BCUT2D eigenvalue weighted by molar-refractivity contribution is 0.102. The van der Waals surface area contributed by atoms with Gasteiger partial charge in [-0.2, -0.15) is 0 Å². The normalized spacial score (nSPS) is 11.1. The van der Waals surface area contributed by atoms with Crippen LogP contribution in [0, 0.1) is 0 Å². The molecule has 0 aliphatic heterocycles. The van der Waals surface area contributed by atoms with E-state index in [2.05, 4.69) is 15.0 Å². The summed E-state index contributed by atoms with van der Waals surface area (Å²) in [7, 11) is -3.70. The van der Waals surface area contributed by atoms with E-state index in [9.17, 15) is 13.2 Å². The van der Waals surface area contributed by atoms with Gasteiger partial charge in [0, 0.05) is 17.4 Å². The van der Waals surface area contributed by atoms with Crippen LogP contribution in [0.2, 0.25) is 4.34 Å². The van der Waals surface area contributed by atoms with Gasteiger partial charge >= 0.3 is 0 Å². The maximum atomic E-state index is 12.2. The molecule has 1 aromatic carbocycles. The van der Waals surface area contributed by atoms with Crippen molar-refractivity contribution in [1.82, 2.24) is 4.98 Å². The summed E-state index contributed by atoms with van der Waals surface area (Å²) in [5, 5.41) is 2.70. The van der Waals surface area contributed by atoms with Crippen molar-refractivity contribution in [2.24, 2.45) is 0 Å². The van der Waals surface area contributed by atoms with E-state index in [-0.39, 0.29) is 10.1 Å². The maximum absolute atomic E-state index is 12.2. The van der Waals surface area contributed by atoms with E-state index in [4.69, 9.17) is 11.6 Å². The van der Waals surface area contributed by atoms with Gasteiger partial charge in [-0.05, 0) is 48.5 Å². The van der Waals surface area contributed by atoms with Crippen LogP contribution in [-0.4, -0.2) is 19.3 Å². The highest BCUT2D eigenvalue weighted by Gasteiger charge is 2.17. The SMILES string of the molecule is O=C(Nc1cccnc1)c1ccc(NS(=O)(=O)c2ccc(Cl)s2)cc1. The number of sulfonamides is 1. The molecule has 6 nitrogen and oxygen atoms in total. The van der Waals surface area contributed by atoms with Crippen LogP contribution < -0.4 is 10.0 Å². The quantitative estimate of drug-likeness (QED) is 0.689. The predicted molar refractivity (Wildman–Crippen MR) is 98.8 cm³/mol. The maximum Gasteiger partial charge on any atom is 0.271 e. The van der Waals surface area contributed by atoms with Crippen LogP contribution in [-0.2, 0) is 10.0 Å². The topological polar surface area (TPSA) is 88.2 Å². The lowest BCUT2D eigenvalue weighted by Gasteiger charge is -2.08. The molecular formula is C16H12ClN3O3S2. The van der Waals surface area contributed by atoms with E-state index < -0.39 is 10.0 Å². The fraction of sp³-hybridized carbons (Fsp3) is 0. The number of amides is 1. The first kappa shape index (κ1) is 17.4. The van der Waals surface area contributed by atoms with Crippen molar-refractivity contribution in [2.45, 2.75) is 4.21 Å². The third-order valence-corrected chi connectivity index (χ3v) is 6.24. The van der Waals surface area contributed by atoms with Crippen LogP contribution in [0.3, 0.4) is 0 Å². The number of anilines is 2. The van der Waals surface area contributed by atoms with E-state index >= 15 is 0 Å². The number of nitrogens with zero attached hydrogens (tertiary/aromatic N) is 1. The van der Waals surface area contributed by atoms with E-state index in [1.165, 1.54) is 42.6 Å². The molecule has 3 rings (SSSR count). The number of hydrogen-bond acceptors (Lipinski definition) is 5. The molecule has 2 heterocycles. The molecule has 3 aromatic rings. The van der Waals surface area contributed by atoms with E-state index in [0.717, 1.165) is 11.3 Å². The van der Waals surface area contributed by atoms with Crippen molar-refractivity contribution >= 4 is 50.2 Å². The molecule has 0 saturated heterocycles. The van der Waals surface area contributed by atoms with Gasteiger partial charge in [-0.1, -0.05) is 11.6 Å². The summed E-state index contributed by atoms with van der Waals surface area (Å²) in [5.74, 6) is -0.313. The number of carbonyl (C=O) groups is 1. The molecular weight excluding hydrogens is 382 g/mol. The van der Waals surface area contributed by atoms with Crippen molar-refractivity contribution in [3.05, 3.63) is 70.8 Å². The Kier molecular flexibility index (Phi) is 5.03. The molecule has 2 N–H and O–H groups in total. The predicted octanol–water partition coefficient (Wildman–Crippen LogP) is 3.85. The molecule has 0 unspecified atom stereocenters. The van der Waals surface area contributed by atoms with Crippen LogP contribution >= 0.6 is 22.9 Å². The Morgan fingerprint density at radius 2 is 1.80 bits per heavy atom. The molecule has 0 bridgehead atoms. The van der Waals surface area contributed by atoms with Crippen LogP contribution in [0.15, 0.2) is 65.1 Å². The fourth-order valence-electron chi connectivity index (χ4n) is 1.98. The summed E-state index contributed by atoms with van der Waals surface area (Å²) in [4.78, 5) is 16.1. The standard InChI is InChI=1S/C16H12ClN3O3S2/c17-14-7-8-15(24-14)25(22,23)20-12-5-3-11(4-6-12)16(21)19-13-2-1-9-18-10-13/h1-10,20H,(H,19,21). The average Bonchev–Trinajstić information content (AvgIpc) is 3.03. The van der Waals surface area contributed by atoms with Gasteiger partial charge in [0.15, 0.2) is 0 Å². The molecule has 0 aliphatic carbocycles. The number of aromatic nitrogens is 1. The number of carbonyl (C=O) groups excluding carboxylic acids is 1. The molecule has 9 heteroatoms. The summed E-state index contributed by atoms with van der Waals surface area (Å²) in [6.07, 6.45) is 3.14. The van der Waals surface area contributed by atoms with E-state index in [1.54, 1.807) is 18.3 Å². The summed E-state index contributed by atoms with van der Waals surface area (Å²) in [6, 6.07) is 12.5. The van der Waals surface area contributed by atoms with Crippen LogP contribution in [0.5, 0.6) is 0 Å². The Bertz CT molecular complexity index is 987. The molecule has 0 aliphatic rings. The van der Waals surface area contributed by atoms with Crippen LogP contribution in [0.4, 0.5) is 11.4 Å². The smallest absolute Gasteiger partial charge is 0.271 e. The van der Waals surface area contributed by atoms with Gasteiger partial charge in [0.1, 0.15) is 4.21 Å². The summed E-state index contributed by atoms with van der Waals surface area (Å²) in [6.45, 7) is 0. The number of thiophene rings is 1. The Labute approximate surface area is 153 Å². The molecule has 0 saturated carbocycles. The molecule has 0 fully saturated rings. The number of nitrogens with one attached hydrogen (secondary N) is 2. The van der Waals surface area contributed by atoms with E-state index in [1.807, 2.05) is 0 Å². The molecule has 128 valence electrons. The largest absolute Gasteiger partial charge is 0.321 e. The average molecular weight is 394 g/mol.